The summed E-state index contributed by atoms with van der Waals surface area (Å²) in [6.45, 7) is 3.76. The van der Waals surface area contributed by atoms with Crippen molar-refractivity contribution >= 4 is 0 Å². The lowest BCUT2D eigenvalue weighted by Gasteiger charge is -2.61. The molecule has 122 valence electrons. The van der Waals surface area contributed by atoms with Crippen molar-refractivity contribution in [1.29, 1.82) is 0 Å². The van der Waals surface area contributed by atoms with Crippen LogP contribution in [0.1, 0.15) is 38.2 Å². The molecule has 0 unspecified atom stereocenters. The van der Waals surface area contributed by atoms with E-state index in [0.29, 0.717) is 17.6 Å². The van der Waals surface area contributed by atoms with Crippen LogP contribution >= 0.6 is 0 Å². The van der Waals surface area contributed by atoms with Crippen LogP contribution in [0, 0.1) is 5.41 Å². The Balaban J connectivity index is 1.42. The number of pyridine rings is 1. The highest BCUT2D eigenvalue weighted by Crippen LogP contribution is 2.57. The van der Waals surface area contributed by atoms with Crippen LogP contribution in [-0.2, 0) is 11.3 Å². The molecule has 0 saturated heterocycles. The Morgan fingerprint density at radius 3 is 3.00 bits per heavy atom. The molecule has 2 N–H and O–H groups in total. The van der Waals surface area contributed by atoms with Gasteiger partial charge in [0.25, 0.3) is 0 Å². The predicted molar refractivity (Wildman–Crippen MR) is 88.8 cm³/mol. The SMILES string of the molecule is CCO[C@@H]1C[C@@H](NCc2cn[nH]c2-c2cccnc2)C12CCC2. The van der Waals surface area contributed by atoms with Crippen molar-refractivity contribution in [3.05, 3.63) is 36.3 Å². The second kappa shape index (κ2) is 6.06. The summed E-state index contributed by atoms with van der Waals surface area (Å²) >= 11 is 0. The van der Waals surface area contributed by atoms with Gasteiger partial charge in [-0.15, -0.1) is 0 Å². The van der Waals surface area contributed by atoms with Gasteiger partial charge in [0.1, 0.15) is 0 Å². The molecule has 2 aliphatic carbocycles. The average molecular weight is 312 g/mol. The van der Waals surface area contributed by atoms with Gasteiger partial charge in [-0.05, 0) is 38.3 Å². The van der Waals surface area contributed by atoms with Crippen LogP contribution in [0.5, 0.6) is 0 Å². The molecule has 0 aromatic carbocycles. The summed E-state index contributed by atoms with van der Waals surface area (Å²) in [7, 11) is 0. The van der Waals surface area contributed by atoms with Gasteiger partial charge in [-0.2, -0.15) is 5.10 Å². The summed E-state index contributed by atoms with van der Waals surface area (Å²) in [6, 6.07) is 4.59. The molecule has 4 rings (SSSR count). The zero-order valence-electron chi connectivity index (χ0n) is 13.6. The molecule has 2 saturated carbocycles. The number of aromatic amines is 1. The van der Waals surface area contributed by atoms with E-state index in [1.165, 1.54) is 24.8 Å². The third-order valence-electron chi connectivity index (χ3n) is 5.64. The summed E-state index contributed by atoms with van der Waals surface area (Å²) in [5.41, 5.74) is 3.75. The van der Waals surface area contributed by atoms with Gasteiger partial charge in [-0.1, -0.05) is 6.42 Å². The van der Waals surface area contributed by atoms with Gasteiger partial charge in [0.15, 0.2) is 0 Å². The lowest BCUT2D eigenvalue weighted by Crippen LogP contribution is -2.66. The molecule has 23 heavy (non-hydrogen) atoms. The number of nitrogens with one attached hydrogen (secondary N) is 2. The molecule has 2 aromatic heterocycles. The quantitative estimate of drug-likeness (QED) is 0.861. The second-order valence-electron chi connectivity index (χ2n) is 6.71. The van der Waals surface area contributed by atoms with Crippen molar-refractivity contribution in [3.63, 3.8) is 0 Å². The normalized spacial score (nSPS) is 25.1. The molecule has 2 heterocycles. The molecule has 1 spiro atoms. The van der Waals surface area contributed by atoms with Crippen LogP contribution in [0.4, 0.5) is 0 Å². The third kappa shape index (κ3) is 2.48. The number of H-pyrrole nitrogens is 1. The standard InChI is InChI=1S/C18H24N4O/c1-2-23-16-9-15(18(16)6-4-7-18)20-11-14-12-21-22-17(14)13-5-3-8-19-10-13/h3,5,8,10,12,15-16,20H,2,4,6-7,9,11H2,1H3,(H,21,22)/t15-,16-/m1/s1. The maximum absolute atomic E-state index is 5.93. The number of aromatic nitrogens is 3. The zero-order chi connectivity index (χ0) is 15.7. The van der Waals surface area contributed by atoms with Crippen molar-refractivity contribution < 1.29 is 4.74 Å². The Hall–Kier alpha value is -1.72. The van der Waals surface area contributed by atoms with Crippen molar-refractivity contribution in [3.8, 4) is 11.3 Å². The molecule has 5 nitrogen and oxygen atoms in total. The first kappa shape index (κ1) is 14.8. The van der Waals surface area contributed by atoms with Gasteiger partial charge in [0, 0.05) is 48.1 Å². The van der Waals surface area contributed by atoms with Crippen LogP contribution in [-0.4, -0.2) is 33.9 Å². The Bertz CT molecular complexity index is 650. The minimum atomic E-state index is 0.397. The summed E-state index contributed by atoms with van der Waals surface area (Å²) in [6.07, 6.45) is 11.1. The van der Waals surface area contributed by atoms with E-state index in [-0.39, 0.29) is 0 Å². The van der Waals surface area contributed by atoms with Crippen molar-refractivity contribution in [2.24, 2.45) is 5.41 Å². The minimum absolute atomic E-state index is 0.397. The summed E-state index contributed by atoms with van der Waals surface area (Å²) in [5, 5.41) is 11.1. The lowest BCUT2D eigenvalue weighted by molar-refractivity contribution is -0.173. The fraction of sp³-hybridized carbons (Fsp3) is 0.556. The largest absolute Gasteiger partial charge is 0.378 e. The topological polar surface area (TPSA) is 62.8 Å². The lowest BCUT2D eigenvalue weighted by atomic mass is 9.51. The van der Waals surface area contributed by atoms with Gasteiger partial charge >= 0.3 is 0 Å². The van der Waals surface area contributed by atoms with Crippen molar-refractivity contribution in [1.82, 2.24) is 20.5 Å². The number of hydrogen-bond donors (Lipinski definition) is 2. The Morgan fingerprint density at radius 2 is 2.30 bits per heavy atom. The van der Waals surface area contributed by atoms with Gasteiger partial charge < -0.3 is 10.1 Å². The van der Waals surface area contributed by atoms with E-state index in [9.17, 15) is 0 Å². The van der Waals surface area contributed by atoms with Crippen molar-refractivity contribution in [2.45, 2.75) is 51.3 Å². The summed E-state index contributed by atoms with van der Waals surface area (Å²) in [4.78, 5) is 4.20. The highest BCUT2D eigenvalue weighted by atomic mass is 16.5. The summed E-state index contributed by atoms with van der Waals surface area (Å²) in [5.74, 6) is 0. The molecule has 0 aliphatic heterocycles. The molecule has 0 radical (unpaired) electrons. The van der Waals surface area contributed by atoms with E-state index in [4.69, 9.17) is 4.74 Å². The molecular weight excluding hydrogens is 288 g/mol. The molecule has 0 bridgehead atoms. The first-order valence-electron chi connectivity index (χ1n) is 8.61. The number of rotatable bonds is 6. The van der Waals surface area contributed by atoms with Gasteiger partial charge in [0.05, 0.1) is 18.0 Å². The molecule has 0 amide bonds. The second-order valence-corrected chi connectivity index (χ2v) is 6.71. The first-order valence-corrected chi connectivity index (χ1v) is 8.61. The van der Waals surface area contributed by atoms with Crippen LogP contribution < -0.4 is 5.32 Å². The van der Waals surface area contributed by atoms with Crippen LogP contribution in [0.2, 0.25) is 0 Å². The third-order valence-corrected chi connectivity index (χ3v) is 5.64. The molecule has 2 atom stereocenters. The monoisotopic (exact) mass is 312 g/mol. The Labute approximate surface area is 136 Å². The smallest absolute Gasteiger partial charge is 0.0710 e. The molecule has 2 aliphatic rings. The van der Waals surface area contributed by atoms with E-state index < -0.39 is 0 Å². The van der Waals surface area contributed by atoms with E-state index in [1.54, 1.807) is 6.20 Å². The molecule has 2 fully saturated rings. The average Bonchev–Trinajstić information content (AvgIpc) is 2.98. The van der Waals surface area contributed by atoms with Crippen LogP contribution in [0.3, 0.4) is 0 Å². The fourth-order valence-electron chi connectivity index (χ4n) is 4.16. The van der Waals surface area contributed by atoms with Crippen LogP contribution in [0.25, 0.3) is 11.3 Å². The minimum Gasteiger partial charge on any atom is -0.378 e. The Kier molecular flexibility index (Phi) is 3.91. The Morgan fingerprint density at radius 1 is 1.39 bits per heavy atom. The van der Waals surface area contributed by atoms with Gasteiger partial charge in [-0.3, -0.25) is 10.1 Å². The van der Waals surface area contributed by atoms with E-state index in [1.807, 2.05) is 18.5 Å². The van der Waals surface area contributed by atoms with Crippen molar-refractivity contribution in [2.75, 3.05) is 6.61 Å². The number of nitrogens with zero attached hydrogens (tertiary/aromatic N) is 2. The zero-order valence-corrected chi connectivity index (χ0v) is 13.6. The van der Waals surface area contributed by atoms with Gasteiger partial charge in [-0.25, -0.2) is 0 Å². The maximum atomic E-state index is 5.93. The molecular formula is C18H24N4O. The van der Waals surface area contributed by atoms with E-state index >= 15 is 0 Å². The van der Waals surface area contributed by atoms with E-state index in [0.717, 1.165) is 30.8 Å². The molecule has 2 aromatic rings. The van der Waals surface area contributed by atoms with Crippen LogP contribution in [0.15, 0.2) is 30.7 Å². The first-order chi connectivity index (χ1) is 11.3. The highest BCUT2D eigenvalue weighted by molar-refractivity contribution is 5.61. The van der Waals surface area contributed by atoms with Gasteiger partial charge in [0.2, 0.25) is 0 Å². The maximum Gasteiger partial charge on any atom is 0.0710 e. The number of hydrogen-bond acceptors (Lipinski definition) is 4. The number of ether oxygens (including phenoxy) is 1. The fourth-order valence-corrected chi connectivity index (χ4v) is 4.16. The summed E-state index contributed by atoms with van der Waals surface area (Å²) < 4.78 is 5.93. The van der Waals surface area contributed by atoms with E-state index in [2.05, 4.69) is 33.5 Å². The molecule has 5 heteroatoms. The highest BCUT2D eigenvalue weighted by Gasteiger charge is 2.58. The predicted octanol–water partition coefficient (Wildman–Crippen LogP) is 2.91.